The van der Waals surface area contributed by atoms with Crippen molar-refractivity contribution in [2.24, 2.45) is 5.73 Å². The Labute approximate surface area is 132 Å². The standard InChI is InChI=1S/C15H20BrN2O3/c1-8(19)18(9(2)20)12-6-5-10(16)7-11(12)13(17)14(21)15(18,3)4/h5-7,13-14,21H,17H2,1-4H3/q+1. The van der Waals surface area contributed by atoms with Crippen LogP contribution >= 0.6 is 15.9 Å². The van der Waals surface area contributed by atoms with Crippen molar-refractivity contribution in [1.82, 2.24) is 4.48 Å². The lowest BCUT2D eigenvalue weighted by molar-refractivity contribution is -0.154. The molecule has 1 aromatic carbocycles. The first-order valence-corrected chi connectivity index (χ1v) is 7.52. The number of imide groups is 1. The third-order valence-corrected chi connectivity index (χ3v) is 5.08. The van der Waals surface area contributed by atoms with Gasteiger partial charge in [-0.25, -0.2) is 9.59 Å². The van der Waals surface area contributed by atoms with Crippen LogP contribution in [0.3, 0.4) is 0 Å². The fourth-order valence-electron chi connectivity index (χ4n) is 3.59. The van der Waals surface area contributed by atoms with Crippen LogP contribution in [0.2, 0.25) is 0 Å². The number of rotatable bonds is 0. The number of carbonyl (C=O) groups is 2. The summed E-state index contributed by atoms with van der Waals surface area (Å²) in [7, 11) is 0. The van der Waals surface area contributed by atoms with E-state index in [9.17, 15) is 14.7 Å². The van der Waals surface area contributed by atoms with Crippen molar-refractivity contribution in [1.29, 1.82) is 0 Å². The number of halogens is 1. The highest BCUT2D eigenvalue weighted by atomic mass is 79.9. The molecule has 5 nitrogen and oxygen atoms in total. The fraction of sp³-hybridized carbons (Fsp3) is 0.467. The van der Waals surface area contributed by atoms with Crippen LogP contribution in [0, 0.1) is 0 Å². The van der Waals surface area contributed by atoms with Gasteiger partial charge < -0.3 is 10.8 Å². The summed E-state index contributed by atoms with van der Waals surface area (Å²) in [6, 6.07) is 4.61. The summed E-state index contributed by atoms with van der Waals surface area (Å²) in [5.74, 6) is -0.663. The lowest BCUT2D eigenvalue weighted by Crippen LogP contribution is -2.75. The molecule has 0 saturated heterocycles. The molecule has 2 rings (SSSR count). The number of benzene rings is 1. The monoisotopic (exact) mass is 355 g/mol. The Balaban J connectivity index is 2.94. The van der Waals surface area contributed by atoms with Crippen molar-refractivity contribution in [3.63, 3.8) is 0 Å². The first-order valence-electron chi connectivity index (χ1n) is 6.73. The largest absolute Gasteiger partial charge is 0.385 e. The SMILES string of the molecule is CC(=O)[N+]1(C(C)=O)c2ccc(Br)cc2C(N)C(O)C1(C)C. The molecule has 21 heavy (non-hydrogen) atoms. The van der Waals surface area contributed by atoms with E-state index >= 15 is 0 Å². The summed E-state index contributed by atoms with van der Waals surface area (Å²) in [5, 5.41) is 10.6. The number of nitrogens with two attached hydrogens (primary N) is 1. The van der Waals surface area contributed by atoms with Crippen molar-refractivity contribution in [3.8, 4) is 0 Å². The average molecular weight is 356 g/mol. The molecule has 2 unspecified atom stereocenters. The summed E-state index contributed by atoms with van der Waals surface area (Å²) in [6.45, 7) is 6.15. The maximum absolute atomic E-state index is 12.5. The number of carbonyl (C=O) groups excluding carboxylic acids is 2. The highest BCUT2D eigenvalue weighted by Crippen LogP contribution is 2.48. The van der Waals surface area contributed by atoms with Crippen LogP contribution in [0.4, 0.5) is 5.69 Å². The van der Waals surface area contributed by atoms with Gasteiger partial charge in [-0.15, -0.1) is 0 Å². The van der Waals surface area contributed by atoms with Gasteiger partial charge in [0.15, 0.2) is 5.69 Å². The number of amides is 2. The van der Waals surface area contributed by atoms with E-state index in [0.717, 1.165) is 4.47 Å². The molecule has 1 aromatic rings. The topological polar surface area (TPSA) is 80.4 Å². The maximum atomic E-state index is 12.5. The highest BCUT2D eigenvalue weighted by Gasteiger charge is 2.63. The quantitative estimate of drug-likeness (QED) is 0.697. The lowest BCUT2D eigenvalue weighted by atomic mass is 9.78. The smallest absolute Gasteiger partial charge is 0.323 e. The molecule has 0 spiro atoms. The molecule has 1 aliphatic rings. The molecule has 1 aliphatic heterocycles. The van der Waals surface area contributed by atoms with Gasteiger partial charge in [-0.2, -0.15) is 4.48 Å². The highest BCUT2D eigenvalue weighted by molar-refractivity contribution is 9.10. The van der Waals surface area contributed by atoms with Crippen LogP contribution in [0.5, 0.6) is 0 Å². The van der Waals surface area contributed by atoms with Crippen molar-refractivity contribution >= 4 is 33.4 Å². The molecule has 0 radical (unpaired) electrons. The van der Waals surface area contributed by atoms with Gasteiger partial charge in [0, 0.05) is 16.1 Å². The molecule has 3 N–H and O–H groups in total. The normalized spacial score (nSPS) is 26.0. The number of fused-ring (bicyclic) bond motifs is 1. The van der Waals surface area contributed by atoms with E-state index in [4.69, 9.17) is 5.73 Å². The van der Waals surface area contributed by atoms with E-state index in [0.29, 0.717) is 11.3 Å². The molecule has 2 atom stereocenters. The van der Waals surface area contributed by atoms with Crippen LogP contribution < -0.4 is 10.2 Å². The van der Waals surface area contributed by atoms with Crippen LogP contribution in [-0.4, -0.2) is 28.6 Å². The van der Waals surface area contributed by atoms with Crippen LogP contribution in [0.15, 0.2) is 22.7 Å². The van der Waals surface area contributed by atoms with E-state index in [1.54, 1.807) is 32.0 Å². The van der Waals surface area contributed by atoms with E-state index in [1.165, 1.54) is 13.8 Å². The zero-order valence-corrected chi connectivity index (χ0v) is 14.1. The van der Waals surface area contributed by atoms with E-state index < -0.39 is 22.2 Å². The molecule has 0 bridgehead atoms. The number of quaternary nitrogens is 1. The molecule has 0 saturated carbocycles. The van der Waals surface area contributed by atoms with Crippen molar-refractivity contribution < 1.29 is 14.7 Å². The number of hydrogen-bond donors (Lipinski definition) is 2. The van der Waals surface area contributed by atoms with Crippen molar-refractivity contribution in [2.45, 2.75) is 45.4 Å². The molecule has 0 fully saturated rings. The minimum absolute atomic E-state index is 0.331. The Morgan fingerprint density at radius 3 is 2.29 bits per heavy atom. The summed E-state index contributed by atoms with van der Waals surface area (Å²) in [4.78, 5) is 24.9. The van der Waals surface area contributed by atoms with Gasteiger partial charge in [0.25, 0.3) is 0 Å². The van der Waals surface area contributed by atoms with Gasteiger partial charge in [0.1, 0.15) is 11.6 Å². The van der Waals surface area contributed by atoms with Crippen molar-refractivity contribution in [3.05, 3.63) is 28.2 Å². The molecule has 0 aromatic heterocycles. The van der Waals surface area contributed by atoms with E-state index in [1.807, 2.05) is 0 Å². The molecule has 2 amide bonds. The first kappa shape index (κ1) is 16.3. The predicted octanol–water partition coefficient (Wildman–Crippen LogP) is 2.00. The first-order chi connectivity index (χ1) is 9.58. The molecular formula is C15H20BrN2O3+. The Morgan fingerprint density at radius 2 is 1.81 bits per heavy atom. The van der Waals surface area contributed by atoms with E-state index in [-0.39, 0.29) is 11.8 Å². The second-order valence-electron chi connectivity index (χ2n) is 6.04. The van der Waals surface area contributed by atoms with Crippen LogP contribution in [0.1, 0.15) is 39.3 Å². The lowest BCUT2D eigenvalue weighted by Gasteiger charge is -2.51. The molecule has 1 heterocycles. The minimum atomic E-state index is -1.04. The second kappa shape index (κ2) is 4.98. The van der Waals surface area contributed by atoms with Gasteiger partial charge in [-0.05, 0) is 26.0 Å². The summed E-state index contributed by atoms with van der Waals surface area (Å²) >= 11 is 3.36. The zero-order valence-electron chi connectivity index (χ0n) is 12.6. The third kappa shape index (κ3) is 1.93. The molecule has 6 heteroatoms. The molecule has 0 aliphatic carbocycles. The Kier molecular flexibility index (Phi) is 3.87. The van der Waals surface area contributed by atoms with Gasteiger partial charge in [-0.1, -0.05) is 15.9 Å². The fourth-order valence-corrected chi connectivity index (χ4v) is 3.97. The van der Waals surface area contributed by atoms with Crippen LogP contribution in [-0.2, 0) is 9.59 Å². The number of hydrogen-bond acceptors (Lipinski definition) is 4. The van der Waals surface area contributed by atoms with Gasteiger partial charge >= 0.3 is 11.8 Å². The maximum Gasteiger partial charge on any atom is 0.323 e. The van der Waals surface area contributed by atoms with E-state index in [2.05, 4.69) is 15.9 Å². The predicted molar refractivity (Wildman–Crippen MR) is 84.3 cm³/mol. The molecular weight excluding hydrogens is 336 g/mol. The number of nitrogens with zero attached hydrogens (tertiary/aromatic N) is 1. The summed E-state index contributed by atoms with van der Waals surface area (Å²) < 4.78 is 0.249. The number of aliphatic hydroxyl groups excluding tert-OH is 1. The summed E-state index contributed by atoms with van der Waals surface area (Å²) in [6.07, 6.45) is -1.02. The third-order valence-electron chi connectivity index (χ3n) is 4.58. The molecule has 114 valence electrons. The minimum Gasteiger partial charge on any atom is -0.385 e. The van der Waals surface area contributed by atoms with Gasteiger partial charge in [0.2, 0.25) is 0 Å². The van der Waals surface area contributed by atoms with Gasteiger partial charge in [-0.3, -0.25) is 0 Å². The van der Waals surface area contributed by atoms with Crippen LogP contribution in [0.25, 0.3) is 0 Å². The average Bonchev–Trinajstić information content (AvgIpc) is 2.36. The van der Waals surface area contributed by atoms with Gasteiger partial charge in [0.05, 0.1) is 19.9 Å². The van der Waals surface area contributed by atoms with Crippen molar-refractivity contribution in [2.75, 3.05) is 0 Å². The number of aliphatic hydroxyl groups is 1. The summed E-state index contributed by atoms with van der Waals surface area (Å²) in [5.41, 5.74) is 6.26. The Morgan fingerprint density at radius 1 is 1.29 bits per heavy atom. The Hall–Kier alpha value is -1.08. The second-order valence-corrected chi connectivity index (χ2v) is 6.95. The zero-order chi connectivity index (χ0) is 16.2. The Bertz CT molecular complexity index is 613.